The molecule has 1 amide bonds. The molecule has 1 atom stereocenters. The molecule has 0 fully saturated rings. The van der Waals surface area contributed by atoms with Crippen molar-refractivity contribution in [1.29, 1.82) is 0 Å². The number of sulfonamides is 1. The molecular weight excluding hydrogens is 386 g/mol. The summed E-state index contributed by atoms with van der Waals surface area (Å²) in [5, 5.41) is 2.85. The number of anilines is 1. The lowest BCUT2D eigenvalue weighted by Crippen LogP contribution is -2.51. The van der Waals surface area contributed by atoms with Crippen LogP contribution in [0.5, 0.6) is 0 Å². The van der Waals surface area contributed by atoms with Crippen molar-refractivity contribution < 1.29 is 17.6 Å². The first-order valence-electron chi connectivity index (χ1n) is 8.13. The summed E-state index contributed by atoms with van der Waals surface area (Å²) in [6.45, 7) is 3.37. The Morgan fingerprint density at radius 1 is 1.11 bits per heavy atom. The Bertz CT molecular complexity index is 1020. The molecular formula is C18H19N3O4S2. The quantitative estimate of drug-likeness (QED) is 0.545. The van der Waals surface area contributed by atoms with E-state index in [9.17, 15) is 13.2 Å². The molecule has 0 unspecified atom stereocenters. The predicted octanol–water partition coefficient (Wildman–Crippen LogP) is 2.82. The third-order valence-corrected chi connectivity index (χ3v) is 5.44. The van der Waals surface area contributed by atoms with E-state index in [1.807, 2.05) is 6.07 Å². The van der Waals surface area contributed by atoms with Crippen molar-refractivity contribution in [3.63, 3.8) is 0 Å². The van der Waals surface area contributed by atoms with Gasteiger partial charge in [-0.05, 0) is 38.1 Å². The summed E-state index contributed by atoms with van der Waals surface area (Å²) in [5.74, 6) is -0.763. The molecule has 9 heteroatoms. The van der Waals surface area contributed by atoms with Gasteiger partial charge in [-0.1, -0.05) is 30.3 Å². The first-order chi connectivity index (χ1) is 12.7. The fourth-order valence-electron chi connectivity index (χ4n) is 2.47. The zero-order chi connectivity index (χ0) is 19.7. The molecule has 0 spiro atoms. The van der Waals surface area contributed by atoms with Crippen molar-refractivity contribution in [2.75, 3.05) is 5.32 Å². The van der Waals surface area contributed by atoms with Crippen molar-refractivity contribution in [2.24, 2.45) is 0 Å². The second-order valence-electron chi connectivity index (χ2n) is 6.50. The Labute approximate surface area is 162 Å². The number of nitrogens with one attached hydrogen (secondary N) is 2. The van der Waals surface area contributed by atoms with E-state index >= 15 is 0 Å². The third-order valence-electron chi connectivity index (χ3n) is 3.82. The molecule has 0 radical (unpaired) electrons. The van der Waals surface area contributed by atoms with E-state index < -0.39 is 26.7 Å². The van der Waals surface area contributed by atoms with Crippen LogP contribution in [0.3, 0.4) is 0 Å². The molecule has 0 saturated heterocycles. The largest absolute Gasteiger partial charge is 0.424 e. The lowest BCUT2D eigenvalue weighted by molar-refractivity contribution is -0.120. The van der Waals surface area contributed by atoms with Gasteiger partial charge in [-0.2, -0.15) is 17.6 Å². The summed E-state index contributed by atoms with van der Waals surface area (Å²) >= 11 is 4.43. The van der Waals surface area contributed by atoms with Crippen LogP contribution in [0.2, 0.25) is 0 Å². The molecule has 0 bridgehead atoms. The molecule has 1 heterocycles. The van der Waals surface area contributed by atoms with Crippen molar-refractivity contribution in [2.45, 2.75) is 29.5 Å². The number of oxazole rings is 1. The van der Waals surface area contributed by atoms with Crippen molar-refractivity contribution >= 4 is 45.7 Å². The van der Waals surface area contributed by atoms with Crippen LogP contribution in [0.25, 0.3) is 11.1 Å². The fourth-order valence-corrected chi connectivity index (χ4v) is 3.67. The molecule has 0 saturated carbocycles. The van der Waals surface area contributed by atoms with E-state index in [1.54, 1.807) is 50.2 Å². The summed E-state index contributed by atoms with van der Waals surface area (Å²) in [4.78, 5) is 17.0. The van der Waals surface area contributed by atoms with E-state index in [4.69, 9.17) is 4.42 Å². The average Bonchev–Trinajstić information content (AvgIpc) is 3.01. The van der Waals surface area contributed by atoms with Gasteiger partial charge in [0.2, 0.25) is 0 Å². The molecule has 27 heavy (non-hydrogen) atoms. The van der Waals surface area contributed by atoms with Crippen LogP contribution in [0, 0.1) is 0 Å². The zero-order valence-electron chi connectivity index (χ0n) is 14.7. The Morgan fingerprint density at radius 3 is 2.37 bits per heavy atom. The Hall–Kier alpha value is -2.52. The Morgan fingerprint density at radius 2 is 1.74 bits per heavy atom. The van der Waals surface area contributed by atoms with Gasteiger partial charge in [0.05, 0.1) is 4.90 Å². The molecule has 7 nitrogen and oxygen atoms in total. The molecule has 2 N–H and O–H groups in total. The SMILES string of the molecule is CC(C)(S)[C@@H](Nc1nc2ccccc2o1)C(=O)NS(=O)(=O)c1ccccc1. The van der Waals surface area contributed by atoms with Crippen LogP contribution in [0.4, 0.5) is 6.01 Å². The molecule has 1 aromatic heterocycles. The Kier molecular flexibility index (Phi) is 5.16. The highest BCUT2D eigenvalue weighted by molar-refractivity contribution is 7.90. The fraction of sp³-hybridized carbons (Fsp3) is 0.222. The summed E-state index contributed by atoms with van der Waals surface area (Å²) in [5.41, 5.74) is 1.17. The van der Waals surface area contributed by atoms with E-state index in [0.717, 1.165) is 0 Å². The normalized spacial score (nSPS) is 13.3. The summed E-state index contributed by atoms with van der Waals surface area (Å²) in [7, 11) is -4.01. The number of hydrogen-bond donors (Lipinski definition) is 3. The molecule has 3 aromatic rings. The number of carbonyl (C=O) groups excluding carboxylic acids is 1. The topological polar surface area (TPSA) is 101 Å². The van der Waals surface area contributed by atoms with Gasteiger partial charge in [0.25, 0.3) is 21.9 Å². The number of rotatable bonds is 6. The smallest absolute Gasteiger partial charge is 0.296 e. The van der Waals surface area contributed by atoms with Crippen LogP contribution in [0.1, 0.15) is 13.8 Å². The van der Waals surface area contributed by atoms with Crippen LogP contribution in [-0.4, -0.2) is 30.1 Å². The highest BCUT2D eigenvalue weighted by atomic mass is 32.2. The molecule has 2 aromatic carbocycles. The number of aromatic nitrogens is 1. The first-order valence-corrected chi connectivity index (χ1v) is 10.1. The number of thiol groups is 1. The molecule has 0 aliphatic carbocycles. The van der Waals surface area contributed by atoms with Gasteiger partial charge in [-0.25, -0.2) is 13.1 Å². The third kappa shape index (κ3) is 4.42. The maximum Gasteiger partial charge on any atom is 0.296 e. The molecule has 3 rings (SSSR count). The van der Waals surface area contributed by atoms with Gasteiger partial charge in [-0.3, -0.25) is 4.79 Å². The highest BCUT2D eigenvalue weighted by Crippen LogP contribution is 2.25. The summed E-state index contributed by atoms with van der Waals surface area (Å²) in [6.07, 6.45) is 0. The van der Waals surface area contributed by atoms with Crippen LogP contribution < -0.4 is 10.0 Å². The zero-order valence-corrected chi connectivity index (χ0v) is 16.4. The summed E-state index contributed by atoms with van der Waals surface area (Å²) < 4.78 is 31.6. The number of fused-ring (bicyclic) bond motifs is 1. The first kappa shape index (κ1) is 19.2. The second-order valence-corrected chi connectivity index (χ2v) is 9.34. The van der Waals surface area contributed by atoms with Gasteiger partial charge < -0.3 is 9.73 Å². The van der Waals surface area contributed by atoms with Crippen molar-refractivity contribution in [3.8, 4) is 0 Å². The standard InChI is InChI=1S/C18H19N3O4S2/c1-18(2,26)15(20-17-19-13-10-6-7-11-14(13)25-17)16(22)21-27(23,24)12-8-4-3-5-9-12/h3-11,15,26H,1-2H3,(H,19,20)(H,21,22)/t15-/m0/s1. The minimum absolute atomic E-state index is 0.00377. The average molecular weight is 406 g/mol. The number of nitrogens with zero attached hydrogens (tertiary/aromatic N) is 1. The molecule has 142 valence electrons. The van der Waals surface area contributed by atoms with Crippen molar-refractivity contribution in [1.82, 2.24) is 9.71 Å². The monoisotopic (exact) mass is 405 g/mol. The van der Waals surface area contributed by atoms with Gasteiger partial charge in [-0.15, -0.1) is 0 Å². The van der Waals surface area contributed by atoms with Crippen molar-refractivity contribution in [3.05, 3.63) is 54.6 Å². The lowest BCUT2D eigenvalue weighted by atomic mass is 10.0. The Balaban J connectivity index is 1.85. The number of carbonyl (C=O) groups is 1. The van der Waals surface area contributed by atoms with Gasteiger partial charge >= 0.3 is 0 Å². The van der Waals surface area contributed by atoms with E-state index in [0.29, 0.717) is 11.1 Å². The maximum atomic E-state index is 12.7. The predicted molar refractivity (Wildman–Crippen MR) is 106 cm³/mol. The van der Waals surface area contributed by atoms with Gasteiger partial charge in [0.1, 0.15) is 11.6 Å². The minimum atomic E-state index is -4.01. The van der Waals surface area contributed by atoms with Crippen LogP contribution in [-0.2, 0) is 14.8 Å². The van der Waals surface area contributed by atoms with E-state index in [1.165, 1.54) is 12.1 Å². The van der Waals surface area contributed by atoms with E-state index in [-0.39, 0.29) is 10.9 Å². The lowest BCUT2D eigenvalue weighted by Gasteiger charge is -2.28. The highest BCUT2D eigenvalue weighted by Gasteiger charge is 2.35. The number of hydrogen-bond acceptors (Lipinski definition) is 7. The molecule has 0 aliphatic rings. The van der Waals surface area contributed by atoms with Gasteiger partial charge in [0.15, 0.2) is 5.58 Å². The molecule has 0 aliphatic heterocycles. The van der Waals surface area contributed by atoms with E-state index in [2.05, 4.69) is 27.7 Å². The number of para-hydroxylation sites is 2. The second kappa shape index (κ2) is 7.24. The maximum absolute atomic E-state index is 12.7. The number of benzene rings is 2. The van der Waals surface area contributed by atoms with Gasteiger partial charge in [0, 0.05) is 4.75 Å². The summed E-state index contributed by atoms with van der Waals surface area (Å²) in [6, 6.07) is 13.9. The van der Waals surface area contributed by atoms with Crippen LogP contribution >= 0.6 is 12.6 Å². The van der Waals surface area contributed by atoms with Crippen LogP contribution in [0.15, 0.2) is 63.9 Å². The number of amides is 1. The minimum Gasteiger partial charge on any atom is -0.424 e.